The molecule has 0 amide bonds. The summed E-state index contributed by atoms with van der Waals surface area (Å²) in [6.45, 7) is 2.40. The maximum absolute atomic E-state index is 8.81. The van der Waals surface area contributed by atoms with E-state index >= 15 is 0 Å². The highest BCUT2D eigenvalue weighted by Crippen LogP contribution is 2.38. The Morgan fingerprint density at radius 1 is 1.31 bits per heavy atom. The predicted octanol–water partition coefficient (Wildman–Crippen LogP) is 2.51. The van der Waals surface area contributed by atoms with Gasteiger partial charge in [0.1, 0.15) is 0 Å². The third-order valence-electron chi connectivity index (χ3n) is 2.44. The molecule has 0 saturated heterocycles. The topological polar surface area (TPSA) is 50.7 Å². The van der Waals surface area contributed by atoms with Gasteiger partial charge in [0.15, 0.2) is 11.5 Å². The molecule has 90 valence electrons. The van der Waals surface area contributed by atoms with Crippen LogP contribution in [0.4, 0.5) is 0 Å². The first-order valence-electron chi connectivity index (χ1n) is 4.98. The standard InChI is InChI=1S/C11H16BrNO3/c1-4-7-8(6-13-14)9(12)5-10(15-2)11(7)16-3/h5,13-14H,4,6H2,1-3H3. The Bertz CT molecular complexity index is 369. The fourth-order valence-corrected chi connectivity index (χ4v) is 2.30. The van der Waals surface area contributed by atoms with Crippen molar-refractivity contribution in [1.29, 1.82) is 0 Å². The van der Waals surface area contributed by atoms with E-state index < -0.39 is 0 Å². The second-order valence-corrected chi connectivity index (χ2v) is 4.09. The molecule has 1 rings (SSSR count). The molecule has 0 saturated carbocycles. The lowest BCUT2D eigenvalue weighted by molar-refractivity contribution is 0.160. The highest BCUT2D eigenvalue weighted by Gasteiger charge is 2.16. The van der Waals surface area contributed by atoms with Crippen LogP contribution in [0.25, 0.3) is 0 Å². The maximum Gasteiger partial charge on any atom is 0.164 e. The van der Waals surface area contributed by atoms with Crippen molar-refractivity contribution >= 4 is 15.9 Å². The van der Waals surface area contributed by atoms with Crippen molar-refractivity contribution in [3.8, 4) is 11.5 Å². The largest absolute Gasteiger partial charge is 0.493 e. The van der Waals surface area contributed by atoms with Crippen molar-refractivity contribution in [2.75, 3.05) is 14.2 Å². The van der Waals surface area contributed by atoms with Gasteiger partial charge in [-0.1, -0.05) is 22.9 Å². The maximum atomic E-state index is 8.81. The zero-order valence-electron chi connectivity index (χ0n) is 9.63. The molecule has 0 heterocycles. The van der Waals surface area contributed by atoms with Crippen molar-refractivity contribution in [2.45, 2.75) is 19.9 Å². The highest BCUT2D eigenvalue weighted by molar-refractivity contribution is 9.10. The van der Waals surface area contributed by atoms with E-state index in [9.17, 15) is 0 Å². The van der Waals surface area contributed by atoms with E-state index in [2.05, 4.69) is 21.4 Å². The first kappa shape index (κ1) is 13.3. The summed E-state index contributed by atoms with van der Waals surface area (Å²) in [5, 5.41) is 8.81. The number of hydrogen-bond donors (Lipinski definition) is 2. The van der Waals surface area contributed by atoms with Crippen molar-refractivity contribution < 1.29 is 14.7 Å². The number of hydrogen-bond acceptors (Lipinski definition) is 4. The van der Waals surface area contributed by atoms with Crippen LogP contribution in [0.3, 0.4) is 0 Å². The minimum absolute atomic E-state index is 0.365. The summed E-state index contributed by atoms with van der Waals surface area (Å²) in [5.74, 6) is 1.41. The van der Waals surface area contributed by atoms with E-state index in [4.69, 9.17) is 14.7 Å². The van der Waals surface area contributed by atoms with E-state index in [0.717, 1.165) is 27.8 Å². The summed E-state index contributed by atoms with van der Waals surface area (Å²) in [4.78, 5) is 0. The molecule has 1 aromatic carbocycles. The highest BCUT2D eigenvalue weighted by atomic mass is 79.9. The van der Waals surface area contributed by atoms with Crippen LogP contribution < -0.4 is 15.0 Å². The van der Waals surface area contributed by atoms with E-state index in [-0.39, 0.29) is 0 Å². The average Bonchev–Trinajstić information content (AvgIpc) is 2.30. The number of ether oxygens (including phenoxy) is 2. The second-order valence-electron chi connectivity index (χ2n) is 3.24. The monoisotopic (exact) mass is 289 g/mol. The van der Waals surface area contributed by atoms with Gasteiger partial charge in [0.05, 0.1) is 14.2 Å². The Labute approximate surface area is 104 Å². The Kier molecular flexibility index (Phi) is 5.05. The number of nitrogens with one attached hydrogen (secondary N) is 1. The number of halogens is 1. The summed E-state index contributed by atoms with van der Waals surface area (Å²) in [5.41, 5.74) is 4.16. The zero-order valence-corrected chi connectivity index (χ0v) is 11.2. The minimum Gasteiger partial charge on any atom is -0.493 e. The van der Waals surface area contributed by atoms with Crippen molar-refractivity contribution in [1.82, 2.24) is 5.48 Å². The smallest absolute Gasteiger partial charge is 0.164 e. The molecule has 0 aliphatic carbocycles. The van der Waals surface area contributed by atoms with Crippen LogP contribution in [0, 0.1) is 0 Å². The molecule has 0 aromatic heterocycles. The predicted molar refractivity (Wildman–Crippen MR) is 65.3 cm³/mol. The van der Waals surface area contributed by atoms with Crippen LogP contribution in [0.1, 0.15) is 18.1 Å². The Hall–Kier alpha value is -0.780. The summed E-state index contributed by atoms with van der Waals surface area (Å²) in [6, 6.07) is 1.84. The molecule has 1 aromatic rings. The van der Waals surface area contributed by atoms with E-state index in [1.165, 1.54) is 0 Å². The van der Waals surface area contributed by atoms with Gasteiger partial charge < -0.3 is 14.7 Å². The molecule has 16 heavy (non-hydrogen) atoms. The van der Waals surface area contributed by atoms with Crippen LogP contribution in [0.15, 0.2) is 10.5 Å². The van der Waals surface area contributed by atoms with E-state index in [1.807, 2.05) is 13.0 Å². The molecular formula is C11H16BrNO3. The number of methoxy groups -OCH3 is 2. The SMILES string of the molecule is CCc1c(CNO)c(Br)cc(OC)c1OC. The second kappa shape index (κ2) is 6.08. The molecule has 0 aliphatic heterocycles. The van der Waals surface area contributed by atoms with E-state index in [1.54, 1.807) is 14.2 Å². The number of benzene rings is 1. The average molecular weight is 290 g/mol. The molecule has 0 radical (unpaired) electrons. The lowest BCUT2D eigenvalue weighted by atomic mass is 10.0. The lowest BCUT2D eigenvalue weighted by Crippen LogP contribution is -2.10. The van der Waals surface area contributed by atoms with Crippen LogP contribution in [0.2, 0.25) is 0 Å². The fraction of sp³-hybridized carbons (Fsp3) is 0.455. The van der Waals surface area contributed by atoms with Gasteiger partial charge in [-0.2, -0.15) is 0 Å². The number of rotatable bonds is 5. The van der Waals surface area contributed by atoms with Crippen molar-refractivity contribution in [3.05, 3.63) is 21.7 Å². The van der Waals surface area contributed by atoms with Gasteiger partial charge in [0.25, 0.3) is 0 Å². The lowest BCUT2D eigenvalue weighted by Gasteiger charge is -2.17. The van der Waals surface area contributed by atoms with Gasteiger partial charge in [-0.3, -0.25) is 0 Å². The van der Waals surface area contributed by atoms with Gasteiger partial charge in [0, 0.05) is 16.6 Å². The summed E-state index contributed by atoms with van der Waals surface area (Å²) < 4.78 is 11.5. The minimum atomic E-state index is 0.365. The van der Waals surface area contributed by atoms with Gasteiger partial charge in [-0.15, -0.1) is 0 Å². The van der Waals surface area contributed by atoms with Crippen molar-refractivity contribution in [3.63, 3.8) is 0 Å². The van der Waals surface area contributed by atoms with Gasteiger partial charge in [-0.25, -0.2) is 5.48 Å². The third-order valence-corrected chi connectivity index (χ3v) is 3.15. The normalized spacial score (nSPS) is 10.3. The molecule has 0 spiro atoms. The van der Waals surface area contributed by atoms with Crippen LogP contribution >= 0.6 is 15.9 Å². The first-order valence-corrected chi connectivity index (χ1v) is 5.78. The Morgan fingerprint density at radius 3 is 2.44 bits per heavy atom. The molecule has 2 N–H and O–H groups in total. The van der Waals surface area contributed by atoms with Crippen molar-refractivity contribution in [2.24, 2.45) is 0 Å². The quantitative estimate of drug-likeness (QED) is 0.818. The Balaban J connectivity index is 3.38. The van der Waals surface area contributed by atoms with Gasteiger partial charge in [0.2, 0.25) is 0 Å². The summed E-state index contributed by atoms with van der Waals surface area (Å²) in [7, 11) is 3.22. The summed E-state index contributed by atoms with van der Waals surface area (Å²) >= 11 is 3.46. The number of hydroxylamine groups is 1. The van der Waals surface area contributed by atoms with Crippen LogP contribution in [-0.2, 0) is 13.0 Å². The fourth-order valence-electron chi connectivity index (χ4n) is 1.72. The van der Waals surface area contributed by atoms with Crippen LogP contribution in [0.5, 0.6) is 11.5 Å². The molecule has 0 aliphatic rings. The summed E-state index contributed by atoms with van der Waals surface area (Å²) in [6.07, 6.45) is 0.802. The molecule has 0 bridgehead atoms. The van der Waals surface area contributed by atoms with Gasteiger partial charge in [-0.05, 0) is 18.1 Å². The molecule has 4 nitrogen and oxygen atoms in total. The van der Waals surface area contributed by atoms with Gasteiger partial charge >= 0.3 is 0 Å². The third kappa shape index (κ3) is 2.48. The first-order chi connectivity index (χ1) is 7.69. The molecular weight excluding hydrogens is 274 g/mol. The molecule has 0 unspecified atom stereocenters. The van der Waals surface area contributed by atoms with Crippen LogP contribution in [-0.4, -0.2) is 19.4 Å². The zero-order chi connectivity index (χ0) is 12.1. The molecule has 0 fully saturated rings. The molecule has 0 atom stereocenters. The molecule has 5 heteroatoms. The van der Waals surface area contributed by atoms with E-state index in [0.29, 0.717) is 12.3 Å². The Morgan fingerprint density at radius 2 is 2.00 bits per heavy atom.